The molecule has 0 saturated heterocycles. The van der Waals surface area contributed by atoms with E-state index in [1.807, 2.05) is 0 Å². The highest BCUT2D eigenvalue weighted by Crippen LogP contribution is 2.24. The van der Waals surface area contributed by atoms with Crippen molar-refractivity contribution in [2.24, 2.45) is 0 Å². The Bertz CT molecular complexity index is 1030. The SMILES string of the molecule is COC(=O)c1cccc(S(=O)(=O)Nc2cc(S(C)(=O)=O)ccc2C)c1. The van der Waals surface area contributed by atoms with Gasteiger partial charge in [0, 0.05) is 6.26 Å². The Labute approximate surface area is 146 Å². The highest BCUT2D eigenvalue weighted by atomic mass is 32.2. The van der Waals surface area contributed by atoms with Gasteiger partial charge in [0.25, 0.3) is 10.0 Å². The Morgan fingerprint density at radius 3 is 2.28 bits per heavy atom. The van der Waals surface area contributed by atoms with Crippen molar-refractivity contribution in [1.82, 2.24) is 0 Å². The number of esters is 1. The minimum Gasteiger partial charge on any atom is -0.465 e. The smallest absolute Gasteiger partial charge is 0.337 e. The zero-order chi connectivity index (χ0) is 18.8. The van der Waals surface area contributed by atoms with Crippen molar-refractivity contribution in [2.45, 2.75) is 16.7 Å². The van der Waals surface area contributed by atoms with Crippen LogP contribution in [-0.4, -0.2) is 36.2 Å². The molecule has 0 heterocycles. The lowest BCUT2D eigenvalue weighted by atomic mass is 10.2. The second kappa shape index (κ2) is 6.85. The Kier molecular flexibility index (Phi) is 5.19. The van der Waals surface area contributed by atoms with Crippen LogP contribution in [0.5, 0.6) is 0 Å². The van der Waals surface area contributed by atoms with E-state index in [4.69, 9.17) is 0 Å². The number of anilines is 1. The largest absolute Gasteiger partial charge is 0.465 e. The van der Waals surface area contributed by atoms with Crippen molar-refractivity contribution < 1.29 is 26.4 Å². The van der Waals surface area contributed by atoms with Gasteiger partial charge in [0.2, 0.25) is 0 Å². The van der Waals surface area contributed by atoms with Gasteiger partial charge in [0.1, 0.15) is 0 Å². The summed E-state index contributed by atoms with van der Waals surface area (Å²) in [5.74, 6) is -0.660. The second-order valence-electron chi connectivity index (χ2n) is 5.37. The topological polar surface area (TPSA) is 107 Å². The monoisotopic (exact) mass is 383 g/mol. The Balaban J connectivity index is 2.45. The normalized spacial score (nSPS) is 11.8. The van der Waals surface area contributed by atoms with Gasteiger partial charge in [0.15, 0.2) is 9.84 Å². The molecule has 0 bridgehead atoms. The summed E-state index contributed by atoms with van der Waals surface area (Å²) in [6, 6.07) is 9.53. The summed E-state index contributed by atoms with van der Waals surface area (Å²) in [6.07, 6.45) is 1.04. The van der Waals surface area contributed by atoms with E-state index in [9.17, 15) is 21.6 Å². The average Bonchev–Trinajstić information content (AvgIpc) is 2.55. The van der Waals surface area contributed by atoms with E-state index in [2.05, 4.69) is 9.46 Å². The Hall–Kier alpha value is -2.39. The first-order chi connectivity index (χ1) is 11.5. The molecule has 0 amide bonds. The molecular formula is C16H17NO6S2. The number of hydrogen-bond acceptors (Lipinski definition) is 6. The average molecular weight is 383 g/mol. The minimum absolute atomic E-state index is 0.000823. The van der Waals surface area contributed by atoms with Crippen LogP contribution in [0.1, 0.15) is 15.9 Å². The third-order valence-corrected chi connectivity index (χ3v) is 5.92. The molecule has 9 heteroatoms. The van der Waals surface area contributed by atoms with Gasteiger partial charge >= 0.3 is 5.97 Å². The van der Waals surface area contributed by atoms with Crippen LogP contribution < -0.4 is 4.72 Å². The van der Waals surface area contributed by atoms with Gasteiger partial charge in [-0.1, -0.05) is 12.1 Å². The standard InChI is InChI=1S/C16H17NO6S2/c1-11-7-8-13(24(3,19)20)10-15(11)17-25(21,22)14-6-4-5-12(9-14)16(18)23-2/h4-10,17H,1-3H3. The number of benzene rings is 2. The molecule has 0 aliphatic carbocycles. The highest BCUT2D eigenvalue weighted by molar-refractivity contribution is 7.92. The van der Waals surface area contributed by atoms with Crippen molar-refractivity contribution in [3.63, 3.8) is 0 Å². The van der Waals surface area contributed by atoms with Crippen molar-refractivity contribution in [3.8, 4) is 0 Å². The molecule has 7 nitrogen and oxygen atoms in total. The lowest BCUT2D eigenvalue weighted by Crippen LogP contribution is -2.15. The van der Waals surface area contributed by atoms with Crippen LogP contribution in [0.4, 0.5) is 5.69 Å². The fourth-order valence-corrected chi connectivity index (χ4v) is 3.87. The fourth-order valence-electron chi connectivity index (χ4n) is 2.05. The van der Waals surface area contributed by atoms with Crippen LogP contribution in [0.2, 0.25) is 0 Å². The molecule has 2 rings (SSSR count). The van der Waals surface area contributed by atoms with Gasteiger partial charge in [0.05, 0.1) is 28.2 Å². The second-order valence-corrected chi connectivity index (χ2v) is 9.07. The number of methoxy groups -OCH3 is 1. The molecule has 0 aliphatic heterocycles. The first-order valence-corrected chi connectivity index (χ1v) is 10.4. The van der Waals surface area contributed by atoms with Crippen molar-refractivity contribution in [1.29, 1.82) is 0 Å². The third kappa shape index (κ3) is 4.37. The maximum absolute atomic E-state index is 12.6. The zero-order valence-electron chi connectivity index (χ0n) is 13.8. The summed E-state index contributed by atoms with van der Waals surface area (Å²) in [4.78, 5) is 11.4. The van der Waals surface area contributed by atoms with Crippen LogP contribution >= 0.6 is 0 Å². The molecule has 1 N–H and O–H groups in total. The van der Waals surface area contributed by atoms with Gasteiger partial charge in [-0.2, -0.15) is 0 Å². The Morgan fingerprint density at radius 2 is 1.68 bits per heavy atom. The first kappa shape index (κ1) is 18.9. The number of ether oxygens (including phenoxy) is 1. The van der Waals surface area contributed by atoms with Crippen molar-refractivity contribution in [3.05, 3.63) is 53.6 Å². The number of carbonyl (C=O) groups is 1. The van der Waals surface area contributed by atoms with Crippen LogP contribution in [0, 0.1) is 6.92 Å². The zero-order valence-corrected chi connectivity index (χ0v) is 15.4. The molecular weight excluding hydrogens is 366 g/mol. The molecule has 25 heavy (non-hydrogen) atoms. The number of aryl methyl sites for hydroxylation is 1. The van der Waals surface area contributed by atoms with Crippen LogP contribution in [0.3, 0.4) is 0 Å². The number of sulfonamides is 1. The van der Waals surface area contributed by atoms with E-state index in [0.717, 1.165) is 6.26 Å². The molecule has 0 fully saturated rings. The molecule has 0 aromatic heterocycles. The molecule has 134 valence electrons. The Morgan fingerprint density at radius 1 is 1.00 bits per heavy atom. The van der Waals surface area contributed by atoms with Crippen molar-refractivity contribution >= 4 is 31.5 Å². The van der Waals surface area contributed by atoms with Crippen LogP contribution in [-0.2, 0) is 24.6 Å². The van der Waals surface area contributed by atoms with Gasteiger partial charge in [-0.05, 0) is 42.8 Å². The van der Waals surface area contributed by atoms with Gasteiger partial charge in [-0.15, -0.1) is 0 Å². The van der Waals surface area contributed by atoms with E-state index >= 15 is 0 Å². The maximum Gasteiger partial charge on any atom is 0.337 e. The van der Waals surface area contributed by atoms with E-state index in [1.165, 1.54) is 49.6 Å². The van der Waals surface area contributed by atoms with Gasteiger partial charge < -0.3 is 4.74 Å². The molecule has 2 aromatic carbocycles. The summed E-state index contributed by atoms with van der Waals surface area (Å²) >= 11 is 0. The maximum atomic E-state index is 12.6. The number of carbonyl (C=O) groups excluding carboxylic acids is 1. The third-order valence-electron chi connectivity index (χ3n) is 3.45. The van der Waals surface area contributed by atoms with E-state index in [1.54, 1.807) is 6.92 Å². The quantitative estimate of drug-likeness (QED) is 0.791. The molecule has 0 radical (unpaired) electrons. The summed E-state index contributed by atoms with van der Waals surface area (Å²) in [6.45, 7) is 1.65. The summed E-state index contributed by atoms with van der Waals surface area (Å²) in [7, 11) is -6.30. The molecule has 0 unspecified atom stereocenters. The number of nitrogens with one attached hydrogen (secondary N) is 1. The molecule has 0 saturated carbocycles. The molecule has 2 aromatic rings. The summed E-state index contributed by atoms with van der Waals surface area (Å²) < 4.78 is 55.4. The van der Waals surface area contributed by atoms with E-state index in [0.29, 0.717) is 5.56 Å². The first-order valence-electron chi connectivity index (χ1n) is 7.06. The predicted molar refractivity (Wildman–Crippen MR) is 92.9 cm³/mol. The minimum atomic E-state index is -4.01. The summed E-state index contributed by atoms with van der Waals surface area (Å²) in [5.41, 5.74) is 0.790. The lowest BCUT2D eigenvalue weighted by molar-refractivity contribution is 0.0600. The number of rotatable bonds is 5. The summed E-state index contributed by atoms with van der Waals surface area (Å²) in [5, 5.41) is 0. The van der Waals surface area contributed by atoms with Gasteiger partial charge in [-0.25, -0.2) is 21.6 Å². The predicted octanol–water partition coefficient (Wildman–Crippen LogP) is 1.99. The molecule has 0 atom stereocenters. The van der Waals surface area contributed by atoms with E-state index in [-0.39, 0.29) is 21.0 Å². The molecule has 0 spiro atoms. The number of hydrogen-bond donors (Lipinski definition) is 1. The van der Waals surface area contributed by atoms with Crippen LogP contribution in [0.15, 0.2) is 52.3 Å². The van der Waals surface area contributed by atoms with Crippen molar-refractivity contribution in [2.75, 3.05) is 18.1 Å². The highest BCUT2D eigenvalue weighted by Gasteiger charge is 2.19. The fraction of sp³-hybridized carbons (Fsp3) is 0.188. The number of sulfone groups is 1. The van der Waals surface area contributed by atoms with Gasteiger partial charge in [-0.3, -0.25) is 4.72 Å². The lowest BCUT2D eigenvalue weighted by Gasteiger charge is -2.12. The van der Waals surface area contributed by atoms with E-state index < -0.39 is 25.8 Å². The van der Waals surface area contributed by atoms with Crippen LogP contribution in [0.25, 0.3) is 0 Å². The molecule has 0 aliphatic rings.